The molecule has 1 heterocycles. The lowest BCUT2D eigenvalue weighted by atomic mass is 10.1. The molecule has 0 spiro atoms. The second-order valence-corrected chi connectivity index (χ2v) is 5.60. The number of fused-ring (bicyclic) bond motifs is 1. The van der Waals surface area contributed by atoms with Gasteiger partial charge in [-0.25, -0.2) is 0 Å². The summed E-state index contributed by atoms with van der Waals surface area (Å²) in [5.41, 5.74) is 8.92. The molecule has 2 aromatic rings. The maximum Gasteiger partial charge on any atom is 0.143 e. The monoisotopic (exact) mass is 288 g/mol. The molecule has 0 aliphatic carbocycles. The standard InChI is InChI=1S/C16H17ClN2O/c1-11-9-19(10-12-2-4-13(17)5-3-12)15-8-14(18)6-7-16(15)20-11/h2-8,11H,9-10,18H2,1H3. The van der Waals surface area contributed by atoms with Crippen LogP contribution < -0.4 is 15.4 Å². The average Bonchev–Trinajstić information content (AvgIpc) is 2.42. The first-order chi connectivity index (χ1) is 9.61. The molecule has 0 saturated heterocycles. The van der Waals surface area contributed by atoms with Gasteiger partial charge >= 0.3 is 0 Å². The van der Waals surface area contributed by atoms with Crippen molar-refractivity contribution in [2.24, 2.45) is 0 Å². The number of hydrogen-bond acceptors (Lipinski definition) is 3. The van der Waals surface area contributed by atoms with E-state index in [-0.39, 0.29) is 6.10 Å². The van der Waals surface area contributed by atoms with Gasteiger partial charge in [-0.05, 0) is 42.8 Å². The van der Waals surface area contributed by atoms with Gasteiger partial charge in [-0.2, -0.15) is 0 Å². The summed E-state index contributed by atoms with van der Waals surface area (Å²) in [4.78, 5) is 2.29. The van der Waals surface area contributed by atoms with Crippen LogP contribution in [0.15, 0.2) is 42.5 Å². The van der Waals surface area contributed by atoms with E-state index in [1.165, 1.54) is 5.56 Å². The number of anilines is 2. The lowest BCUT2D eigenvalue weighted by molar-refractivity contribution is 0.212. The Labute approximate surface area is 123 Å². The maximum absolute atomic E-state index is 5.93. The molecule has 0 radical (unpaired) electrons. The van der Waals surface area contributed by atoms with Gasteiger partial charge in [0.15, 0.2) is 0 Å². The lowest BCUT2D eigenvalue weighted by Gasteiger charge is -2.35. The molecular weight excluding hydrogens is 272 g/mol. The van der Waals surface area contributed by atoms with E-state index in [9.17, 15) is 0 Å². The summed E-state index contributed by atoms with van der Waals surface area (Å²) in [6.45, 7) is 3.74. The van der Waals surface area contributed by atoms with Gasteiger partial charge in [0.2, 0.25) is 0 Å². The van der Waals surface area contributed by atoms with Gasteiger partial charge in [-0.15, -0.1) is 0 Å². The fourth-order valence-corrected chi connectivity index (χ4v) is 2.63. The highest BCUT2D eigenvalue weighted by Gasteiger charge is 2.23. The fraction of sp³-hybridized carbons (Fsp3) is 0.250. The summed E-state index contributed by atoms with van der Waals surface area (Å²) in [6, 6.07) is 13.7. The number of ether oxygens (including phenoxy) is 1. The number of benzene rings is 2. The van der Waals surface area contributed by atoms with Crippen LogP contribution in [0.4, 0.5) is 11.4 Å². The smallest absolute Gasteiger partial charge is 0.143 e. The van der Waals surface area contributed by atoms with Gasteiger partial charge in [-0.3, -0.25) is 0 Å². The first-order valence-corrected chi connectivity index (χ1v) is 7.05. The molecule has 3 rings (SSSR count). The van der Waals surface area contributed by atoms with Gasteiger partial charge in [0.05, 0.1) is 12.2 Å². The van der Waals surface area contributed by atoms with Crippen molar-refractivity contribution in [2.45, 2.75) is 19.6 Å². The first kappa shape index (κ1) is 13.1. The van der Waals surface area contributed by atoms with Crippen LogP contribution in [0.25, 0.3) is 0 Å². The van der Waals surface area contributed by atoms with Crippen molar-refractivity contribution in [3.8, 4) is 5.75 Å². The van der Waals surface area contributed by atoms with Gasteiger partial charge < -0.3 is 15.4 Å². The molecule has 0 aromatic heterocycles. The van der Waals surface area contributed by atoms with E-state index in [4.69, 9.17) is 22.1 Å². The molecule has 1 atom stereocenters. The van der Waals surface area contributed by atoms with Gasteiger partial charge in [0.1, 0.15) is 11.9 Å². The third-order valence-corrected chi connectivity index (χ3v) is 3.67. The van der Waals surface area contributed by atoms with E-state index in [0.29, 0.717) is 0 Å². The Morgan fingerprint density at radius 1 is 1.25 bits per heavy atom. The molecule has 20 heavy (non-hydrogen) atoms. The molecule has 4 heteroatoms. The fourth-order valence-electron chi connectivity index (χ4n) is 2.50. The van der Waals surface area contributed by atoms with Crippen molar-refractivity contribution in [2.75, 3.05) is 17.2 Å². The van der Waals surface area contributed by atoms with Gasteiger partial charge in [0, 0.05) is 17.3 Å². The predicted molar refractivity (Wildman–Crippen MR) is 83.4 cm³/mol. The summed E-state index contributed by atoms with van der Waals surface area (Å²) < 4.78 is 5.86. The molecule has 1 aliphatic heterocycles. The van der Waals surface area contributed by atoms with Crippen molar-refractivity contribution in [3.63, 3.8) is 0 Å². The van der Waals surface area contributed by atoms with E-state index in [1.807, 2.05) is 30.3 Å². The molecule has 3 nitrogen and oxygen atoms in total. The van der Waals surface area contributed by atoms with E-state index in [2.05, 4.69) is 24.0 Å². The Kier molecular flexibility index (Phi) is 3.45. The molecule has 2 aromatic carbocycles. The summed E-state index contributed by atoms with van der Waals surface area (Å²) in [7, 11) is 0. The lowest BCUT2D eigenvalue weighted by Crippen LogP contribution is -2.38. The molecule has 0 saturated carbocycles. The van der Waals surface area contributed by atoms with Crippen molar-refractivity contribution < 1.29 is 4.74 Å². The third-order valence-electron chi connectivity index (χ3n) is 3.42. The van der Waals surface area contributed by atoms with Crippen LogP contribution in [0.5, 0.6) is 5.75 Å². The molecular formula is C16H17ClN2O. The summed E-state index contributed by atoms with van der Waals surface area (Å²) in [5.74, 6) is 0.895. The van der Waals surface area contributed by atoms with Crippen LogP contribution in [0.1, 0.15) is 12.5 Å². The zero-order valence-electron chi connectivity index (χ0n) is 11.3. The number of hydrogen-bond donors (Lipinski definition) is 1. The van der Waals surface area contributed by atoms with Crippen LogP contribution >= 0.6 is 11.6 Å². The van der Waals surface area contributed by atoms with E-state index < -0.39 is 0 Å². The third kappa shape index (κ3) is 2.68. The number of halogens is 1. The molecule has 0 fully saturated rings. The van der Waals surface area contributed by atoms with Crippen LogP contribution in [0.3, 0.4) is 0 Å². The molecule has 0 amide bonds. The van der Waals surface area contributed by atoms with Crippen LogP contribution in [-0.4, -0.2) is 12.6 Å². The Balaban J connectivity index is 1.90. The summed E-state index contributed by atoms with van der Waals surface area (Å²) in [6.07, 6.45) is 0.165. The second-order valence-electron chi connectivity index (χ2n) is 5.16. The zero-order valence-corrected chi connectivity index (χ0v) is 12.1. The van der Waals surface area contributed by atoms with E-state index in [1.54, 1.807) is 0 Å². The SMILES string of the molecule is CC1CN(Cc2ccc(Cl)cc2)c2cc(N)ccc2O1. The van der Waals surface area contributed by atoms with Crippen molar-refractivity contribution in [1.29, 1.82) is 0 Å². The van der Waals surface area contributed by atoms with E-state index in [0.717, 1.165) is 35.2 Å². The maximum atomic E-state index is 5.93. The van der Waals surface area contributed by atoms with E-state index >= 15 is 0 Å². The Hall–Kier alpha value is -1.87. The van der Waals surface area contributed by atoms with Crippen LogP contribution in [0, 0.1) is 0 Å². The predicted octanol–water partition coefficient (Wildman–Crippen LogP) is 3.71. The summed E-state index contributed by atoms with van der Waals surface area (Å²) in [5, 5.41) is 0.758. The zero-order chi connectivity index (χ0) is 14.1. The van der Waals surface area contributed by atoms with Crippen molar-refractivity contribution >= 4 is 23.0 Å². The molecule has 1 unspecified atom stereocenters. The first-order valence-electron chi connectivity index (χ1n) is 6.67. The highest BCUT2D eigenvalue weighted by Crippen LogP contribution is 2.35. The minimum atomic E-state index is 0.165. The van der Waals surface area contributed by atoms with Crippen LogP contribution in [0.2, 0.25) is 5.02 Å². The highest BCUT2D eigenvalue weighted by atomic mass is 35.5. The topological polar surface area (TPSA) is 38.5 Å². The molecule has 0 bridgehead atoms. The number of nitrogens with zero attached hydrogens (tertiary/aromatic N) is 1. The van der Waals surface area contributed by atoms with Crippen molar-refractivity contribution in [1.82, 2.24) is 0 Å². The molecule has 104 valence electrons. The number of rotatable bonds is 2. The Bertz CT molecular complexity index is 612. The quantitative estimate of drug-likeness (QED) is 0.856. The highest BCUT2D eigenvalue weighted by molar-refractivity contribution is 6.30. The Morgan fingerprint density at radius 3 is 2.75 bits per heavy atom. The van der Waals surface area contributed by atoms with Gasteiger partial charge in [0.25, 0.3) is 0 Å². The van der Waals surface area contributed by atoms with Gasteiger partial charge in [-0.1, -0.05) is 23.7 Å². The largest absolute Gasteiger partial charge is 0.487 e. The normalized spacial score (nSPS) is 17.5. The van der Waals surface area contributed by atoms with Crippen LogP contribution in [-0.2, 0) is 6.54 Å². The molecule has 1 aliphatic rings. The number of nitrogens with two attached hydrogens (primary N) is 1. The average molecular weight is 289 g/mol. The summed E-state index contributed by atoms with van der Waals surface area (Å²) >= 11 is 5.93. The second kappa shape index (κ2) is 5.25. The molecule has 2 N–H and O–H groups in total. The Morgan fingerprint density at radius 2 is 2.00 bits per heavy atom. The van der Waals surface area contributed by atoms with Crippen molar-refractivity contribution in [3.05, 3.63) is 53.1 Å². The number of nitrogen functional groups attached to an aromatic ring is 1. The minimum absolute atomic E-state index is 0.165. The minimum Gasteiger partial charge on any atom is -0.487 e.